The lowest BCUT2D eigenvalue weighted by Crippen LogP contribution is -2.30. The minimum atomic E-state index is -0.978. The maximum Gasteiger partial charge on any atom is 0.0716 e. The Bertz CT molecular complexity index is 3960. The predicted molar refractivity (Wildman–Crippen MR) is 360 cm³/mol. The van der Waals surface area contributed by atoms with Crippen molar-refractivity contribution in [3.63, 3.8) is 0 Å². The fourth-order valence-corrected chi connectivity index (χ4v) is 13.8. The van der Waals surface area contributed by atoms with Crippen LogP contribution in [0.25, 0.3) is 22.3 Å². The van der Waals surface area contributed by atoms with Crippen molar-refractivity contribution in [3.8, 4) is 22.3 Å². The van der Waals surface area contributed by atoms with Gasteiger partial charge in [0, 0.05) is 73.7 Å². The summed E-state index contributed by atoms with van der Waals surface area (Å²) in [4.78, 5) is 9.72. The Labute approximate surface area is 505 Å². The molecular weight excluding hydrogens is 1040 g/mol. The van der Waals surface area contributed by atoms with Crippen LogP contribution >= 0.6 is 0 Å². The molecule has 0 heterocycles. The van der Waals surface area contributed by atoms with Gasteiger partial charge in [0.05, 0.1) is 5.41 Å². The SMILES string of the molecule is CC1(C)c2ccccc2-c2cc3c(cc21)-c1ccccc1C3(c1cc(N(c2ccccc2)c2ccccc2)cc(N(c2ccccc2)c2ccccc2)c1)c1cc(N(c2ccccc2)c2ccccc2)cc(N(c2ccccc2)c2ccccc2)c1. The summed E-state index contributed by atoms with van der Waals surface area (Å²) < 4.78 is 0. The number of nitrogens with zero attached hydrogens (tertiary/aromatic N) is 4. The molecule has 410 valence electrons. The van der Waals surface area contributed by atoms with Crippen molar-refractivity contribution < 1.29 is 0 Å². The first-order valence-electron chi connectivity index (χ1n) is 29.7. The van der Waals surface area contributed by atoms with Gasteiger partial charge >= 0.3 is 0 Å². The highest BCUT2D eigenvalue weighted by Gasteiger charge is 2.50. The van der Waals surface area contributed by atoms with Crippen LogP contribution in [0.15, 0.2) is 340 Å². The Hall–Kier alpha value is -10.9. The molecule has 0 saturated carbocycles. The van der Waals surface area contributed by atoms with Crippen molar-refractivity contribution in [2.45, 2.75) is 24.7 Å². The highest BCUT2D eigenvalue weighted by Crippen LogP contribution is 2.62. The Morgan fingerprint density at radius 2 is 0.419 bits per heavy atom. The number of anilines is 12. The molecule has 0 fully saturated rings. The second-order valence-corrected chi connectivity index (χ2v) is 22.9. The molecule has 0 bridgehead atoms. The molecule has 0 amide bonds. The van der Waals surface area contributed by atoms with Gasteiger partial charge in [-0.2, -0.15) is 0 Å². The van der Waals surface area contributed by atoms with E-state index in [0.717, 1.165) is 79.4 Å². The monoisotopic (exact) mass is 1100 g/mol. The minimum absolute atomic E-state index is 0.239. The van der Waals surface area contributed by atoms with E-state index in [1.165, 1.54) is 44.5 Å². The molecule has 86 heavy (non-hydrogen) atoms. The van der Waals surface area contributed by atoms with Gasteiger partial charge in [-0.15, -0.1) is 0 Å². The summed E-state index contributed by atoms with van der Waals surface area (Å²) in [5, 5.41) is 0. The average molecular weight is 1100 g/mol. The largest absolute Gasteiger partial charge is 0.310 e. The Morgan fingerprint density at radius 1 is 0.186 bits per heavy atom. The second kappa shape index (κ2) is 21.7. The number of fused-ring (bicyclic) bond motifs is 6. The highest BCUT2D eigenvalue weighted by molar-refractivity contribution is 5.96. The van der Waals surface area contributed by atoms with Gasteiger partial charge in [-0.3, -0.25) is 0 Å². The van der Waals surface area contributed by atoms with Crippen molar-refractivity contribution in [1.29, 1.82) is 0 Å². The van der Waals surface area contributed by atoms with E-state index in [1.807, 2.05) is 0 Å². The van der Waals surface area contributed by atoms with Crippen LogP contribution in [0.4, 0.5) is 68.2 Å². The van der Waals surface area contributed by atoms with E-state index in [4.69, 9.17) is 0 Å². The third kappa shape index (κ3) is 8.85. The molecule has 4 nitrogen and oxygen atoms in total. The van der Waals surface area contributed by atoms with Gasteiger partial charge < -0.3 is 19.6 Å². The van der Waals surface area contributed by atoms with Gasteiger partial charge in [0.2, 0.25) is 0 Å². The van der Waals surface area contributed by atoms with Crippen molar-refractivity contribution in [3.05, 3.63) is 373 Å². The molecule has 0 saturated heterocycles. The van der Waals surface area contributed by atoms with Crippen LogP contribution < -0.4 is 19.6 Å². The smallest absolute Gasteiger partial charge is 0.0716 e. The Kier molecular flexibility index (Phi) is 13.1. The molecule has 0 N–H and O–H groups in total. The summed E-state index contributed by atoms with van der Waals surface area (Å²) in [6.07, 6.45) is 0. The zero-order valence-electron chi connectivity index (χ0n) is 48.1. The molecule has 0 aliphatic heterocycles. The Morgan fingerprint density at radius 3 is 0.721 bits per heavy atom. The number of benzene rings is 13. The number of hydrogen-bond acceptors (Lipinski definition) is 4. The zero-order chi connectivity index (χ0) is 57.6. The average Bonchev–Trinajstić information content (AvgIpc) is 1.90. The van der Waals surface area contributed by atoms with E-state index in [-0.39, 0.29) is 5.41 Å². The number of para-hydroxylation sites is 8. The fraction of sp³-hybridized carbons (Fsp3) is 0.0488. The van der Waals surface area contributed by atoms with Crippen molar-refractivity contribution in [2.24, 2.45) is 0 Å². The van der Waals surface area contributed by atoms with Crippen LogP contribution in [-0.4, -0.2) is 0 Å². The molecule has 2 aliphatic rings. The van der Waals surface area contributed by atoms with Gasteiger partial charge in [0.15, 0.2) is 0 Å². The maximum atomic E-state index is 2.59. The van der Waals surface area contributed by atoms with Crippen LogP contribution in [0.3, 0.4) is 0 Å². The lowest BCUT2D eigenvalue weighted by atomic mass is 9.66. The minimum Gasteiger partial charge on any atom is -0.310 e. The van der Waals surface area contributed by atoms with Crippen LogP contribution in [0.5, 0.6) is 0 Å². The van der Waals surface area contributed by atoms with E-state index >= 15 is 0 Å². The summed E-state index contributed by atoms with van der Waals surface area (Å²) in [6.45, 7) is 4.80. The molecular formula is C82H62N4. The van der Waals surface area contributed by atoms with Gasteiger partial charge in [0.25, 0.3) is 0 Å². The summed E-state index contributed by atoms with van der Waals surface area (Å²) in [5.41, 5.74) is 23.6. The molecule has 0 radical (unpaired) electrons. The standard InChI is InChI=1S/C82H62N4/c1-81(2)77-49-29-27-47-73(77)75-58-80-76(57-79(75)81)74-48-28-30-50-78(74)82(80,59-51-69(83(61-31-11-3-12-32-61)62-33-13-4-14-34-62)55-70(52-59)84(63-35-15-5-16-36-63)64-37-17-6-18-38-64)60-53-71(85(65-39-19-7-20-40-65)66-41-21-8-22-42-66)56-72(54-60)86(67-43-23-9-24-44-67)68-45-25-10-26-46-68/h3-58H,1-2H3. The first-order valence-corrected chi connectivity index (χ1v) is 29.7. The van der Waals surface area contributed by atoms with Gasteiger partial charge in [-0.25, -0.2) is 0 Å². The maximum absolute atomic E-state index is 2.59. The van der Waals surface area contributed by atoms with Crippen molar-refractivity contribution in [1.82, 2.24) is 0 Å². The molecule has 15 rings (SSSR count). The van der Waals surface area contributed by atoms with Crippen molar-refractivity contribution >= 4 is 68.2 Å². The summed E-state index contributed by atoms with van der Waals surface area (Å²) in [6, 6.07) is 125. The normalized spacial score (nSPS) is 13.0. The summed E-state index contributed by atoms with van der Waals surface area (Å²) in [7, 11) is 0. The molecule has 4 heteroatoms. The molecule has 0 unspecified atom stereocenters. The van der Waals surface area contributed by atoms with E-state index in [2.05, 4.69) is 373 Å². The lowest BCUT2D eigenvalue weighted by molar-refractivity contribution is 0.660. The van der Waals surface area contributed by atoms with Crippen LogP contribution in [0.2, 0.25) is 0 Å². The van der Waals surface area contributed by atoms with Gasteiger partial charge in [-0.1, -0.05) is 208 Å². The highest BCUT2D eigenvalue weighted by atomic mass is 15.2. The third-order valence-corrected chi connectivity index (χ3v) is 17.6. The fourth-order valence-electron chi connectivity index (χ4n) is 13.8. The van der Waals surface area contributed by atoms with Crippen LogP contribution in [0.1, 0.15) is 47.2 Å². The van der Waals surface area contributed by atoms with Crippen LogP contribution in [0, 0.1) is 0 Å². The van der Waals surface area contributed by atoms with Crippen LogP contribution in [-0.2, 0) is 10.8 Å². The second-order valence-electron chi connectivity index (χ2n) is 22.9. The third-order valence-electron chi connectivity index (χ3n) is 17.6. The number of hydrogen-bond donors (Lipinski definition) is 0. The van der Waals surface area contributed by atoms with E-state index < -0.39 is 5.41 Å². The van der Waals surface area contributed by atoms with Crippen molar-refractivity contribution in [2.75, 3.05) is 19.6 Å². The lowest BCUT2D eigenvalue weighted by Gasteiger charge is -2.39. The van der Waals surface area contributed by atoms with E-state index in [0.29, 0.717) is 0 Å². The summed E-state index contributed by atoms with van der Waals surface area (Å²) in [5.74, 6) is 0. The molecule has 0 aromatic heterocycles. The summed E-state index contributed by atoms with van der Waals surface area (Å²) >= 11 is 0. The number of rotatable bonds is 14. The molecule has 13 aromatic carbocycles. The van der Waals surface area contributed by atoms with Gasteiger partial charge in [-0.05, 0) is 201 Å². The Balaban J connectivity index is 1.14. The van der Waals surface area contributed by atoms with E-state index in [1.54, 1.807) is 0 Å². The topological polar surface area (TPSA) is 13.0 Å². The van der Waals surface area contributed by atoms with E-state index in [9.17, 15) is 0 Å². The molecule has 13 aromatic rings. The zero-order valence-corrected chi connectivity index (χ0v) is 48.1. The first-order chi connectivity index (χ1) is 42.4. The molecule has 0 spiro atoms. The quantitative estimate of drug-likeness (QED) is 0.108. The predicted octanol–water partition coefficient (Wildman–Crippen LogP) is 22.2. The van der Waals surface area contributed by atoms with Gasteiger partial charge in [0.1, 0.15) is 0 Å². The molecule has 2 aliphatic carbocycles. The first kappa shape index (κ1) is 51.9. The molecule has 0 atom stereocenters.